The normalized spacial score (nSPS) is 10.3. The van der Waals surface area contributed by atoms with Gasteiger partial charge in [-0.25, -0.2) is 4.79 Å². The first-order valence-electron chi connectivity index (χ1n) is 10.8. The van der Waals surface area contributed by atoms with E-state index in [-0.39, 0.29) is 18.4 Å². The summed E-state index contributed by atoms with van der Waals surface area (Å²) in [5.41, 5.74) is 3.11. The number of hydrogen-bond donors (Lipinski definition) is 2. The van der Waals surface area contributed by atoms with Crippen molar-refractivity contribution < 1.29 is 23.9 Å². The van der Waals surface area contributed by atoms with Crippen LogP contribution in [0.5, 0.6) is 5.75 Å². The van der Waals surface area contributed by atoms with Crippen LogP contribution in [0.25, 0.3) is 0 Å². The Hall–Kier alpha value is -3.65. The van der Waals surface area contributed by atoms with Crippen molar-refractivity contribution in [1.82, 2.24) is 5.32 Å². The summed E-state index contributed by atoms with van der Waals surface area (Å²) in [6.07, 6.45) is 0.237. The molecule has 0 spiro atoms. The van der Waals surface area contributed by atoms with E-state index in [1.54, 1.807) is 31.2 Å². The van der Waals surface area contributed by atoms with Crippen molar-refractivity contribution >= 4 is 39.6 Å². The Morgan fingerprint density at radius 3 is 2.29 bits per heavy atom. The monoisotopic (exact) mass is 524 g/mol. The van der Waals surface area contributed by atoms with E-state index in [1.807, 2.05) is 36.4 Å². The van der Waals surface area contributed by atoms with Crippen molar-refractivity contribution in [1.29, 1.82) is 0 Å². The first kappa shape index (κ1) is 25.0. The summed E-state index contributed by atoms with van der Waals surface area (Å²) < 4.78 is 10.7. The topological polar surface area (TPSA) is 93.7 Å². The van der Waals surface area contributed by atoms with Crippen LogP contribution in [0.15, 0.2) is 77.3 Å². The average molecular weight is 525 g/mol. The molecule has 0 aromatic heterocycles. The minimum Gasteiger partial charge on any atom is -0.434 e. The van der Waals surface area contributed by atoms with Gasteiger partial charge in [-0.1, -0.05) is 46.3 Å². The van der Waals surface area contributed by atoms with Gasteiger partial charge >= 0.3 is 6.16 Å². The SMILES string of the molecule is CCOC(=O)Oc1ccc(C(=O)NCc2ccc(NC(=O)CCc3ccccc3Br)cc2)cc1. The standard InChI is InChI=1S/C26H25BrN2O5/c1-2-33-26(32)34-22-14-9-20(10-15-22)25(31)28-17-18-7-12-21(13-8-18)29-24(30)16-11-19-5-3-4-6-23(19)27/h3-10,12-15H,2,11,16-17H2,1H3,(H,28,31)(H,29,30). The van der Waals surface area contributed by atoms with E-state index >= 15 is 0 Å². The second-order valence-electron chi connectivity index (χ2n) is 7.33. The highest BCUT2D eigenvalue weighted by atomic mass is 79.9. The largest absolute Gasteiger partial charge is 0.513 e. The molecular formula is C26H25BrN2O5. The molecule has 0 saturated heterocycles. The fraction of sp³-hybridized carbons (Fsp3) is 0.192. The molecule has 0 aliphatic carbocycles. The molecule has 3 rings (SSSR count). The number of rotatable bonds is 9. The van der Waals surface area contributed by atoms with Gasteiger partial charge in [0.25, 0.3) is 5.91 Å². The van der Waals surface area contributed by atoms with Crippen LogP contribution in [0.3, 0.4) is 0 Å². The fourth-order valence-corrected chi connectivity index (χ4v) is 3.56. The van der Waals surface area contributed by atoms with E-state index in [0.717, 1.165) is 15.6 Å². The van der Waals surface area contributed by atoms with Crippen LogP contribution < -0.4 is 15.4 Å². The maximum Gasteiger partial charge on any atom is 0.513 e. The van der Waals surface area contributed by atoms with Gasteiger partial charge < -0.3 is 20.1 Å². The Morgan fingerprint density at radius 2 is 1.62 bits per heavy atom. The van der Waals surface area contributed by atoms with Gasteiger partial charge in [-0.05, 0) is 66.9 Å². The molecule has 0 aliphatic heterocycles. The first-order valence-corrected chi connectivity index (χ1v) is 11.6. The molecule has 3 aromatic rings. The minimum atomic E-state index is -0.788. The van der Waals surface area contributed by atoms with Crippen molar-refractivity contribution in [2.24, 2.45) is 0 Å². The fourth-order valence-electron chi connectivity index (χ4n) is 3.08. The zero-order chi connectivity index (χ0) is 24.3. The quantitative estimate of drug-likeness (QED) is 0.285. The molecule has 0 saturated carbocycles. The Labute approximate surface area is 206 Å². The van der Waals surface area contributed by atoms with E-state index in [1.165, 1.54) is 12.1 Å². The van der Waals surface area contributed by atoms with Gasteiger partial charge in [0, 0.05) is 28.7 Å². The summed E-state index contributed by atoms with van der Waals surface area (Å²) in [7, 11) is 0. The number of amides is 2. The third kappa shape index (κ3) is 7.74. The Kier molecular flexibility index (Phi) is 9.22. The van der Waals surface area contributed by atoms with Crippen LogP contribution in [-0.2, 0) is 22.5 Å². The zero-order valence-electron chi connectivity index (χ0n) is 18.7. The molecule has 2 N–H and O–H groups in total. The number of nitrogens with one attached hydrogen (secondary N) is 2. The lowest BCUT2D eigenvalue weighted by atomic mass is 10.1. The maximum atomic E-state index is 12.4. The molecule has 0 radical (unpaired) electrons. The smallest absolute Gasteiger partial charge is 0.434 e. The molecule has 8 heteroatoms. The second kappa shape index (κ2) is 12.6. The maximum absolute atomic E-state index is 12.4. The summed E-state index contributed by atoms with van der Waals surface area (Å²) in [6, 6.07) is 21.3. The van der Waals surface area contributed by atoms with E-state index < -0.39 is 6.16 Å². The number of hydrogen-bond acceptors (Lipinski definition) is 5. The van der Waals surface area contributed by atoms with Gasteiger partial charge in [0.15, 0.2) is 0 Å². The van der Waals surface area contributed by atoms with Crippen molar-refractivity contribution in [2.45, 2.75) is 26.3 Å². The third-order valence-electron chi connectivity index (χ3n) is 4.85. The molecule has 0 unspecified atom stereocenters. The molecule has 3 aromatic carbocycles. The predicted molar refractivity (Wildman–Crippen MR) is 133 cm³/mol. The van der Waals surface area contributed by atoms with Gasteiger partial charge in [0.2, 0.25) is 5.91 Å². The number of carbonyl (C=O) groups is 3. The van der Waals surface area contributed by atoms with E-state index in [9.17, 15) is 14.4 Å². The lowest BCUT2D eigenvalue weighted by molar-refractivity contribution is -0.116. The predicted octanol–water partition coefficient (Wildman–Crippen LogP) is 5.49. The molecular weight excluding hydrogens is 500 g/mol. The van der Waals surface area contributed by atoms with Crippen molar-refractivity contribution in [3.05, 3.63) is 94.0 Å². The summed E-state index contributed by atoms with van der Waals surface area (Å²) in [4.78, 5) is 36.0. The van der Waals surface area contributed by atoms with Gasteiger partial charge in [-0.2, -0.15) is 0 Å². The Morgan fingerprint density at radius 1 is 0.912 bits per heavy atom. The molecule has 176 valence electrons. The van der Waals surface area contributed by atoms with Crippen molar-refractivity contribution in [3.8, 4) is 5.75 Å². The summed E-state index contributed by atoms with van der Waals surface area (Å²) in [5, 5.41) is 5.73. The van der Waals surface area contributed by atoms with Crippen molar-refractivity contribution in [2.75, 3.05) is 11.9 Å². The number of halogens is 1. The van der Waals surface area contributed by atoms with Gasteiger partial charge in [-0.15, -0.1) is 0 Å². The number of ether oxygens (including phenoxy) is 2. The van der Waals surface area contributed by atoms with Crippen LogP contribution in [0.2, 0.25) is 0 Å². The molecule has 0 atom stereocenters. The summed E-state index contributed by atoms with van der Waals surface area (Å²) in [6.45, 7) is 2.24. The Bertz CT molecular complexity index is 1130. The van der Waals surface area contributed by atoms with E-state index in [0.29, 0.717) is 36.4 Å². The number of aryl methyl sites for hydroxylation is 1. The number of anilines is 1. The van der Waals surface area contributed by atoms with Crippen LogP contribution >= 0.6 is 15.9 Å². The highest BCUT2D eigenvalue weighted by molar-refractivity contribution is 9.10. The molecule has 0 heterocycles. The molecule has 0 fully saturated rings. The lowest BCUT2D eigenvalue weighted by Crippen LogP contribution is -2.22. The molecule has 34 heavy (non-hydrogen) atoms. The summed E-state index contributed by atoms with van der Waals surface area (Å²) in [5.74, 6) is -0.0247. The highest BCUT2D eigenvalue weighted by Gasteiger charge is 2.09. The third-order valence-corrected chi connectivity index (χ3v) is 5.62. The highest BCUT2D eigenvalue weighted by Crippen LogP contribution is 2.18. The van der Waals surface area contributed by atoms with Crippen LogP contribution in [0.1, 0.15) is 34.8 Å². The van der Waals surface area contributed by atoms with Gasteiger partial charge in [0.05, 0.1) is 6.61 Å². The van der Waals surface area contributed by atoms with Crippen molar-refractivity contribution in [3.63, 3.8) is 0 Å². The summed E-state index contributed by atoms with van der Waals surface area (Å²) >= 11 is 3.49. The second-order valence-corrected chi connectivity index (χ2v) is 8.18. The molecule has 2 amide bonds. The lowest BCUT2D eigenvalue weighted by Gasteiger charge is -2.09. The van der Waals surface area contributed by atoms with Crippen LogP contribution in [0.4, 0.5) is 10.5 Å². The molecule has 7 nitrogen and oxygen atoms in total. The minimum absolute atomic E-state index is 0.0628. The van der Waals surface area contributed by atoms with E-state index in [2.05, 4.69) is 26.6 Å². The number of carbonyl (C=O) groups excluding carboxylic acids is 3. The van der Waals surface area contributed by atoms with E-state index in [4.69, 9.17) is 9.47 Å². The first-order chi connectivity index (χ1) is 16.4. The average Bonchev–Trinajstić information content (AvgIpc) is 2.83. The Balaban J connectivity index is 1.44. The van der Waals surface area contributed by atoms with Crippen LogP contribution in [0, 0.1) is 0 Å². The zero-order valence-corrected chi connectivity index (χ0v) is 20.3. The number of benzene rings is 3. The van der Waals surface area contributed by atoms with Gasteiger partial charge in [-0.3, -0.25) is 9.59 Å². The van der Waals surface area contributed by atoms with Gasteiger partial charge in [0.1, 0.15) is 5.75 Å². The molecule has 0 bridgehead atoms. The van der Waals surface area contributed by atoms with Crippen LogP contribution in [-0.4, -0.2) is 24.6 Å². The molecule has 0 aliphatic rings.